The third kappa shape index (κ3) is 4.60. The Labute approximate surface area is 167 Å². The molecule has 1 heterocycles. The number of benzene rings is 2. The summed E-state index contributed by atoms with van der Waals surface area (Å²) in [5.41, 5.74) is 1.39. The van der Waals surface area contributed by atoms with Crippen molar-refractivity contribution in [2.75, 3.05) is 26.2 Å². The Bertz CT molecular complexity index is 961. The van der Waals surface area contributed by atoms with E-state index in [2.05, 4.69) is 0 Å². The molecule has 0 aromatic heterocycles. The molecule has 150 valence electrons. The number of nitrogens with zero attached hydrogens (tertiary/aromatic N) is 3. The SMILES string of the molecule is CC(=O)N1CCN(C(=O)/C=C/c2cccc([N+](=O)[O-])c2-c2ccc(O)cc2)CC1. The predicted octanol–water partition coefficient (Wildman–Crippen LogP) is 2.67. The van der Waals surface area contributed by atoms with Crippen LogP contribution in [0.25, 0.3) is 17.2 Å². The first-order valence-electron chi connectivity index (χ1n) is 9.16. The van der Waals surface area contributed by atoms with E-state index < -0.39 is 4.92 Å². The number of phenolic OH excluding ortho intramolecular Hbond substituents is 1. The maximum absolute atomic E-state index is 12.5. The molecule has 0 unspecified atom stereocenters. The van der Waals surface area contributed by atoms with Crippen molar-refractivity contribution in [3.63, 3.8) is 0 Å². The van der Waals surface area contributed by atoms with E-state index in [1.54, 1.807) is 40.1 Å². The summed E-state index contributed by atoms with van der Waals surface area (Å²) in [6.45, 7) is 3.38. The van der Waals surface area contributed by atoms with Gasteiger partial charge in [0.2, 0.25) is 11.8 Å². The molecule has 2 aromatic carbocycles. The Morgan fingerprint density at radius 1 is 1.03 bits per heavy atom. The topological polar surface area (TPSA) is 104 Å². The van der Waals surface area contributed by atoms with Gasteiger partial charge in [0.25, 0.3) is 5.69 Å². The van der Waals surface area contributed by atoms with Crippen molar-refractivity contribution in [2.45, 2.75) is 6.92 Å². The monoisotopic (exact) mass is 395 g/mol. The van der Waals surface area contributed by atoms with E-state index in [0.29, 0.717) is 42.9 Å². The summed E-state index contributed by atoms with van der Waals surface area (Å²) in [4.78, 5) is 38.3. The lowest BCUT2D eigenvalue weighted by atomic mass is 9.97. The highest BCUT2D eigenvalue weighted by molar-refractivity contribution is 5.94. The highest BCUT2D eigenvalue weighted by Gasteiger charge is 2.22. The molecule has 1 aliphatic rings. The van der Waals surface area contributed by atoms with Crippen molar-refractivity contribution in [1.29, 1.82) is 0 Å². The number of hydrogen-bond acceptors (Lipinski definition) is 5. The number of phenols is 1. The van der Waals surface area contributed by atoms with E-state index in [4.69, 9.17) is 0 Å². The first-order valence-corrected chi connectivity index (χ1v) is 9.16. The summed E-state index contributed by atoms with van der Waals surface area (Å²) in [5, 5.41) is 21.0. The first-order chi connectivity index (χ1) is 13.9. The molecular weight excluding hydrogens is 374 g/mol. The fourth-order valence-electron chi connectivity index (χ4n) is 3.30. The van der Waals surface area contributed by atoms with Gasteiger partial charge in [-0.3, -0.25) is 19.7 Å². The molecule has 1 aliphatic heterocycles. The van der Waals surface area contributed by atoms with Crippen molar-refractivity contribution in [3.05, 3.63) is 64.2 Å². The standard InChI is InChI=1S/C21H21N3O5/c1-15(25)22-11-13-23(14-12-22)20(27)10-7-16-3-2-4-19(24(28)29)21(16)17-5-8-18(26)9-6-17/h2-10,26H,11-14H2,1H3/b10-7+. The summed E-state index contributed by atoms with van der Waals surface area (Å²) < 4.78 is 0. The average Bonchev–Trinajstić information content (AvgIpc) is 2.72. The molecule has 1 saturated heterocycles. The Hall–Kier alpha value is -3.68. The molecule has 0 spiro atoms. The van der Waals surface area contributed by atoms with Gasteiger partial charge in [-0.2, -0.15) is 0 Å². The van der Waals surface area contributed by atoms with Crippen LogP contribution in [0, 0.1) is 10.1 Å². The van der Waals surface area contributed by atoms with Gasteiger partial charge in [0, 0.05) is 45.2 Å². The van der Waals surface area contributed by atoms with Crippen LogP contribution in [0.15, 0.2) is 48.5 Å². The highest BCUT2D eigenvalue weighted by Crippen LogP contribution is 2.34. The summed E-state index contributed by atoms with van der Waals surface area (Å²) in [6.07, 6.45) is 2.96. The molecule has 3 rings (SSSR count). The van der Waals surface area contributed by atoms with Crippen molar-refractivity contribution in [2.24, 2.45) is 0 Å². The van der Waals surface area contributed by atoms with Crippen LogP contribution < -0.4 is 0 Å². The van der Waals surface area contributed by atoms with E-state index in [9.17, 15) is 24.8 Å². The molecule has 29 heavy (non-hydrogen) atoms. The van der Waals surface area contributed by atoms with E-state index >= 15 is 0 Å². The second-order valence-corrected chi connectivity index (χ2v) is 6.71. The van der Waals surface area contributed by atoms with Gasteiger partial charge in [-0.25, -0.2) is 0 Å². The number of carbonyl (C=O) groups is 2. The van der Waals surface area contributed by atoms with Crippen LogP contribution in [0.4, 0.5) is 5.69 Å². The van der Waals surface area contributed by atoms with Crippen molar-refractivity contribution >= 4 is 23.6 Å². The Kier molecular flexibility index (Phi) is 5.92. The van der Waals surface area contributed by atoms with E-state index in [1.165, 1.54) is 31.2 Å². The van der Waals surface area contributed by atoms with Gasteiger partial charge in [0.05, 0.1) is 10.5 Å². The Balaban J connectivity index is 1.86. The van der Waals surface area contributed by atoms with Crippen LogP contribution in [0.2, 0.25) is 0 Å². The Morgan fingerprint density at radius 3 is 2.24 bits per heavy atom. The van der Waals surface area contributed by atoms with Crippen LogP contribution in [0.1, 0.15) is 12.5 Å². The van der Waals surface area contributed by atoms with Gasteiger partial charge in [0.15, 0.2) is 0 Å². The smallest absolute Gasteiger partial charge is 0.277 e. The molecule has 0 saturated carbocycles. The minimum absolute atomic E-state index is 0.0113. The quantitative estimate of drug-likeness (QED) is 0.487. The number of carbonyl (C=O) groups excluding carboxylic acids is 2. The normalized spacial score (nSPS) is 14.2. The maximum atomic E-state index is 12.5. The molecule has 2 amide bonds. The number of nitro benzene ring substituents is 1. The van der Waals surface area contributed by atoms with Crippen LogP contribution in [-0.2, 0) is 9.59 Å². The minimum Gasteiger partial charge on any atom is -0.508 e. The zero-order valence-electron chi connectivity index (χ0n) is 15.9. The van der Waals surface area contributed by atoms with Crippen molar-refractivity contribution in [3.8, 4) is 16.9 Å². The van der Waals surface area contributed by atoms with Crippen LogP contribution >= 0.6 is 0 Å². The van der Waals surface area contributed by atoms with E-state index in [-0.39, 0.29) is 23.3 Å². The molecule has 0 bridgehead atoms. The molecule has 8 nitrogen and oxygen atoms in total. The molecule has 1 fully saturated rings. The lowest BCUT2D eigenvalue weighted by Crippen LogP contribution is -2.49. The van der Waals surface area contributed by atoms with Gasteiger partial charge < -0.3 is 14.9 Å². The molecule has 0 atom stereocenters. The lowest BCUT2D eigenvalue weighted by molar-refractivity contribution is -0.384. The molecule has 0 radical (unpaired) electrons. The maximum Gasteiger partial charge on any atom is 0.277 e. The first kappa shape index (κ1) is 20.1. The van der Waals surface area contributed by atoms with Gasteiger partial charge in [-0.15, -0.1) is 0 Å². The minimum atomic E-state index is -0.470. The molecule has 0 aliphatic carbocycles. The molecular formula is C21H21N3O5. The van der Waals surface area contributed by atoms with E-state index in [1.807, 2.05) is 0 Å². The van der Waals surface area contributed by atoms with Gasteiger partial charge >= 0.3 is 0 Å². The summed E-state index contributed by atoms with van der Waals surface area (Å²) in [7, 11) is 0. The van der Waals surface area contributed by atoms with Crippen molar-refractivity contribution in [1.82, 2.24) is 9.80 Å². The van der Waals surface area contributed by atoms with Crippen LogP contribution in [0.3, 0.4) is 0 Å². The summed E-state index contributed by atoms with van der Waals surface area (Å²) >= 11 is 0. The second-order valence-electron chi connectivity index (χ2n) is 6.71. The zero-order chi connectivity index (χ0) is 21.0. The number of hydrogen-bond donors (Lipinski definition) is 1. The predicted molar refractivity (Wildman–Crippen MR) is 108 cm³/mol. The largest absolute Gasteiger partial charge is 0.508 e. The fraction of sp³-hybridized carbons (Fsp3) is 0.238. The molecule has 2 aromatic rings. The zero-order valence-corrected chi connectivity index (χ0v) is 15.9. The molecule has 8 heteroatoms. The third-order valence-corrected chi connectivity index (χ3v) is 4.87. The van der Waals surface area contributed by atoms with E-state index in [0.717, 1.165) is 0 Å². The van der Waals surface area contributed by atoms with Gasteiger partial charge in [-0.1, -0.05) is 24.3 Å². The van der Waals surface area contributed by atoms with Crippen LogP contribution in [0.5, 0.6) is 5.75 Å². The highest BCUT2D eigenvalue weighted by atomic mass is 16.6. The number of piperazine rings is 1. The van der Waals surface area contributed by atoms with Gasteiger partial charge in [0.1, 0.15) is 5.75 Å². The number of aromatic hydroxyl groups is 1. The third-order valence-electron chi connectivity index (χ3n) is 4.87. The molecule has 1 N–H and O–H groups in total. The van der Waals surface area contributed by atoms with Gasteiger partial charge in [-0.05, 0) is 29.3 Å². The fourth-order valence-corrected chi connectivity index (χ4v) is 3.30. The van der Waals surface area contributed by atoms with Crippen LogP contribution in [-0.4, -0.2) is 57.8 Å². The number of amides is 2. The second kappa shape index (κ2) is 8.55. The summed E-state index contributed by atoms with van der Waals surface area (Å²) in [6, 6.07) is 10.8. The number of nitro groups is 1. The Morgan fingerprint density at radius 2 is 1.66 bits per heavy atom. The average molecular weight is 395 g/mol. The lowest BCUT2D eigenvalue weighted by Gasteiger charge is -2.33. The number of rotatable bonds is 4. The summed E-state index contributed by atoms with van der Waals surface area (Å²) in [5.74, 6) is -0.163. The van der Waals surface area contributed by atoms with Crippen molar-refractivity contribution < 1.29 is 19.6 Å².